The van der Waals surface area contributed by atoms with E-state index in [2.05, 4.69) is 5.32 Å². The summed E-state index contributed by atoms with van der Waals surface area (Å²) in [5.74, 6) is 0.00477. The lowest BCUT2D eigenvalue weighted by atomic mass is 9.86. The minimum absolute atomic E-state index is 0.220. The highest BCUT2D eigenvalue weighted by Crippen LogP contribution is 2.30. The maximum absolute atomic E-state index is 13.7. The smallest absolute Gasteiger partial charge is 0.167 e. The van der Waals surface area contributed by atoms with Crippen molar-refractivity contribution in [3.05, 3.63) is 17.9 Å². The van der Waals surface area contributed by atoms with E-state index in [1.165, 1.54) is 6.07 Å². The minimum Gasteiger partial charge on any atom is -0.490 e. The molecule has 0 aromatic heterocycles. The quantitative estimate of drug-likeness (QED) is 0.705. The molecule has 0 saturated heterocycles. The van der Waals surface area contributed by atoms with Gasteiger partial charge in [-0.3, -0.25) is 0 Å². The fourth-order valence-corrected chi connectivity index (χ4v) is 2.71. The van der Waals surface area contributed by atoms with Crippen molar-refractivity contribution in [1.29, 1.82) is 0 Å². The number of hydrogen-bond acceptors (Lipinski definition) is 4. The molecule has 1 saturated carbocycles. The lowest BCUT2D eigenvalue weighted by Gasteiger charge is -2.28. The van der Waals surface area contributed by atoms with Crippen LogP contribution in [0.25, 0.3) is 0 Å². The van der Waals surface area contributed by atoms with Gasteiger partial charge < -0.3 is 20.9 Å². The summed E-state index contributed by atoms with van der Waals surface area (Å²) in [5.41, 5.74) is 6.88. The topological polar surface area (TPSA) is 67.5 Å². The Balaban J connectivity index is 2.01. The first-order valence-corrected chi connectivity index (χ1v) is 7.75. The number of rotatable bonds is 6. The van der Waals surface area contributed by atoms with Crippen molar-refractivity contribution in [2.75, 3.05) is 24.2 Å². The summed E-state index contributed by atoms with van der Waals surface area (Å²) in [7, 11) is 0. The zero-order valence-electron chi connectivity index (χ0n) is 12.6. The van der Waals surface area contributed by atoms with E-state index in [1.54, 1.807) is 6.07 Å². The van der Waals surface area contributed by atoms with Gasteiger partial charge in [-0.05, 0) is 19.3 Å². The van der Waals surface area contributed by atoms with E-state index in [-0.39, 0.29) is 17.8 Å². The van der Waals surface area contributed by atoms with Crippen molar-refractivity contribution in [2.24, 2.45) is 5.92 Å². The molecule has 4 nitrogen and oxygen atoms in total. The van der Waals surface area contributed by atoms with Gasteiger partial charge in [0.1, 0.15) is 0 Å². The Labute approximate surface area is 125 Å². The molecule has 0 radical (unpaired) electrons. The standard InChI is InChI=1S/C16H25FN2O2/c1-2-7-21-16-9-14(13(18)8-12(16)17)19-10-11-5-3-4-6-15(11)20/h8-9,11,15,19-20H,2-7,10,18H2,1H3. The van der Waals surface area contributed by atoms with Crippen molar-refractivity contribution in [2.45, 2.75) is 45.1 Å². The molecule has 1 aromatic rings. The molecule has 5 heteroatoms. The van der Waals surface area contributed by atoms with E-state index in [9.17, 15) is 9.50 Å². The highest BCUT2D eigenvalue weighted by Gasteiger charge is 2.23. The fraction of sp³-hybridized carbons (Fsp3) is 0.625. The Morgan fingerprint density at radius 2 is 2.14 bits per heavy atom. The molecule has 0 aliphatic heterocycles. The molecule has 21 heavy (non-hydrogen) atoms. The fourth-order valence-electron chi connectivity index (χ4n) is 2.71. The summed E-state index contributed by atoms with van der Waals surface area (Å²) in [5, 5.41) is 13.2. The van der Waals surface area contributed by atoms with Gasteiger partial charge >= 0.3 is 0 Å². The van der Waals surface area contributed by atoms with Crippen LogP contribution in [0.2, 0.25) is 0 Å². The first kappa shape index (κ1) is 15.9. The third kappa shape index (κ3) is 4.24. The Kier molecular flexibility index (Phi) is 5.67. The monoisotopic (exact) mass is 296 g/mol. The molecule has 118 valence electrons. The zero-order chi connectivity index (χ0) is 15.2. The van der Waals surface area contributed by atoms with Gasteiger partial charge in [-0.25, -0.2) is 4.39 Å². The number of anilines is 2. The number of aliphatic hydroxyl groups excluding tert-OH is 1. The molecular formula is C16H25FN2O2. The van der Waals surface area contributed by atoms with Crippen molar-refractivity contribution in [3.8, 4) is 5.75 Å². The second kappa shape index (κ2) is 7.50. The average molecular weight is 296 g/mol. The Bertz CT molecular complexity index is 468. The summed E-state index contributed by atoms with van der Waals surface area (Å²) in [6.07, 6.45) is 4.66. The molecule has 1 aliphatic carbocycles. The predicted molar refractivity (Wildman–Crippen MR) is 83.1 cm³/mol. The van der Waals surface area contributed by atoms with Crippen LogP contribution in [0.4, 0.5) is 15.8 Å². The third-order valence-corrected chi connectivity index (χ3v) is 3.99. The molecule has 2 atom stereocenters. The van der Waals surface area contributed by atoms with Crippen LogP contribution in [0.3, 0.4) is 0 Å². The number of hydrogen-bond donors (Lipinski definition) is 3. The van der Waals surface area contributed by atoms with Crippen LogP contribution in [-0.2, 0) is 0 Å². The molecule has 1 fully saturated rings. The van der Waals surface area contributed by atoms with Crippen molar-refractivity contribution >= 4 is 11.4 Å². The van der Waals surface area contributed by atoms with Crippen molar-refractivity contribution < 1.29 is 14.2 Å². The van der Waals surface area contributed by atoms with Crippen LogP contribution in [0, 0.1) is 11.7 Å². The van der Waals surface area contributed by atoms with Crippen LogP contribution in [0.15, 0.2) is 12.1 Å². The molecule has 4 N–H and O–H groups in total. The number of aliphatic hydroxyl groups is 1. The van der Waals surface area contributed by atoms with Crippen LogP contribution in [0.5, 0.6) is 5.75 Å². The summed E-state index contributed by atoms with van der Waals surface area (Å²) in [4.78, 5) is 0. The summed E-state index contributed by atoms with van der Waals surface area (Å²) >= 11 is 0. The molecule has 1 aliphatic rings. The van der Waals surface area contributed by atoms with E-state index < -0.39 is 5.82 Å². The average Bonchev–Trinajstić information content (AvgIpc) is 2.47. The van der Waals surface area contributed by atoms with Gasteiger partial charge in [0, 0.05) is 24.6 Å². The van der Waals surface area contributed by atoms with Gasteiger partial charge in [0.15, 0.2) is 11.6 Å². The second-order valence-electron chi connectivity index (χ2n) is 5.71. The number of halogens is 1. The number of ether oxygens (including phenoxy) is 1. The van der Waals surface area contributed by atoms with E-state index in [4.69, 9.17) is 10.5 Å². The maximum atomic E-state index is 13.7. The van der Waals surface area contributed by atoms with Gasteiger partial charge in [-0.1, -0.05) is 19.8 Å². The molecule has 0 amide bonds. The Morgan fingerprint density at radius 3 is 2.86 bits per heavy atom. The lowest BCUT2D eigenvalue weighted by Crippen LogP contribution is -2.30. The van der Waals surface area contributed by atoms with Crippen LogP contribution in [-0.4, -0.2) is 24.4 Å². The molecule has 1 aromatic carbocycles. The number of nitrogen functional groups attached to an aromatic ring is 1. The summed E-state index contributed by atoms with van der Waals surface area (Å²) < 4.78 is 19.1. The predicted octanol–water partition coefficient (Wildman–Crippen LogP) is 3.16. The van der Waals surface area contributed by atoms with E-state index in [0.29, 0.717) is 24.5 Å². The molecule has 2 unspecified atom stereocenters. The van der Waals surface area contributed by atoms with Crippen molar-refractivity contribution in [3.63, 3.8) is 0 Å². The molecule has 0 bridgehead atoms. The van der Waals surface area contributed by atoms with Crippen LogP contribution >= 0.6 is 0 Å². The summed E-state index contributed by atoms with van der Waals surface area (Å²) in [6.45, 7) is 3.09. The first-order chi connectivity index (χ1) is 10.1. The molecule has 0 spiro atoms. The number of nitrogens with two attached hydrogens (primary N) is 1. The van der Waals surface area contributed by atoms with E-state index >= 15 is 0 Å². The zero-order valence-corrected chi connectivity index (χ0v) is 12.6. The Hall–Kier alpha value is -1.49. The normalized spacial score (nSPS) is 22.0. The van der Waals surface area contributed by atoms with Crippen LogP contribution in [0.1, 0.15) is 39.0 Å². The molecule has 0 heterocycles. The molecular weight excluding hydrogens is 271 g/mol. The van der Waals surface area contributed by atoms with Crippen molar-refractivity contribution in [1.82, 2.24) is 0 Å². The largest absolute Gasteiger partial charge is 0.490 e. The third-order valence-electron chi connectivity index (χ3n) is 3.99. The highest BCUT2D eigenvalue weighted by atomic mass is 19.1. The maximum Gasteiger partial charge on any atom is 0.167 e. The Morgan fingerprint density at radius 1 is 1.38 bits per heavy atom. The number of benzene rings is 1. The van der Waals surface area contributed by atoms with E-state index in [0.717, 1.165) is 32.1 Å². The van der Waals surface area contributed by atoms with Gasteiger partial charge in [-0.2, -0.15) is 0 Å². The first-order valence-electron chi connectivity index (χ1n) is 7.75. The van der Waals surface area contributed by atoms with E-state index in [1.807, 2.05) is 6.92 Å². The highest BCUT2D eigenvalue weighted by molar-refractivity contribution is 5.68. The minimum atomic E-state index is -0.441. The SMILES string of the molecule is CCCOc1cc(NCC2CCCCC2O)c(N)cc1F. The summed E-state index contributed by atoms with van der Waals surface area (Å²) in [6, 6.07) is 2.89. The second-order valence-corrected chi connectivity index (χ2v) is 5.71. The molecule has 2 rings (SSSR count). The van der Waals surface area contributed by atoms with Crippen LogP contribution < -0.4 is 15.8 Å². The lowest BCUT2D eigenvalue weighted by molar-refractivity contribution is 0.0763. The van der Waals surface area contributed by atoms with Gasteiger partial charge in [0.2, 0.25) is 0 Å². The van der Waals surface area contributed by atoms with Gasteiger partial charge in [-0.15, -0.1) is 0 Å². The van der Waals surface area contributed by atoms with Gasteiger partial charge in [0.05, 0.1) is 24.1 Å². The van der Waals surface area contributed by atoms with Gasteiger partial charge in [0.25, 0.3) is 0 Å². The number of nitrogens with one attached hydrogen (secondary N) is 1.